The topological polar surface area (TPSA) is 49.4 Å². The maximum Gasteiger partial charge on any atom is 1.00 e. The van der Waals surface area contributed by atoms with Gasteiger partial charge in [0.1, 0.15) is 0 Å². The summed E-state index contributed by atoms with van der Waals surface area (Å²) in [6, 6.07) is 0. The van der Waals surface area contributed by atoms with Crippen molar-refractivity contribution < 1.29 is 20.3 Å². The Morgan fingerprint density at radius 3 is 0.880 bits per heavy atom. The smallest absolute Gasteiger partial charge is 1.00 e. The fourth-order valence-electron chi connectivity index (χ4n) is 2.83. The minimum atomic E-state index is 0. The summed E-state index contributed by atoms with van der Waals surface area (Å²) in [5, 5.41) is 0. The molecule has 0 spiro atoms. The standard InChI is InChI=1S/C20H12N4.Li.H/c1-2-14-10-16-5-6-18(23-16)12-20-8-7-19(24-20)11-17-4-3-15(22-17)9-13(1)21-14;;/h1-12H;;/q;+1;-1. The number of aliphatic imine (C=N–C) groups is 4. The summed E-state index contributed by atoms with van der Waals surface area (Å²) in [4.78, 5) is 18.4. The van der Waals surface area contributed by atoms with Gasteiger partial charge in [0.25, 0.3) is 0 Å². The first kappa shape index (κ1) is 15.7. The van der Waals surface area contributed by atoms with Crippen LogP contribution in [-0.2, 0) is 0 Å². The van der Waals surface area contributed by atoms with Crippen molar-refractivity contribution in [2.24, 2.45) is 20.0 Å². The fourth-order valence-corrected chi connectivity index (χ4v) is 2.83. The molecule has 114 valence electrons. The molecule has 0 saturated carbocycles. The van der Waals surface area contributed by atoms with E-state index in [2.05, 4.69) is 20.0 Å². The predicted molar refractivity (Wildman–Crippen MR) is 99.7 cm³/mol. The second-order valence-corrected chi connectivity index (χ2v) is 5.76. The summed E-state index contributed by atoms with van der Waals surface area (Å²) in [5.74, 6) is 0. The SMILES string of the molecule is C1=CC2=NC1=CC1=NC(=CC3=NC(=CC4=NC(=C2)C=C4)C=C3)C=C1.[H-].[Li+]. The van der Waals surface area contributed by atoms with Crippen LogP contribution in [0.1, 0.15) is 1.43 Å². The molecule has 0 unspecified atom stereocenters. The van der Waals surface area contributed by atoms with E-state index < -0.39 is 0 Å². The van der Waals surface area contributed by atoms with Gasteiger partial charge in [0.2, 0.25) is 0 Å². The van der Waals surface area contributed by atoms with Crippen LogP contribution >= 0.6 is 0 Å². The van der Waals surface area contributed by atoms with Gasteiger partial charge in [0, 0.05) is 0 Å². The molecule has 0 radical (unpaired) electrons. The van der Waals surface area contributed by atoms with Gasteiger partial charge in [-0.2, -0.15) is 0 Å². The summed E-state index contributed by atoms with van der Waals surface area (Å²) in [6.07, 6.45) is 23.8. The average molecular weight is 316 g/mol. The van der Waals surface area contributed by atoms with Gasteiger partial charge in [-0.15, -0.1) is 0 Å². The van der Waals surface area contributed by atoms with E-state index in [4.69, 9.17) is 0 Å². The van der Waals surface area contributed by atoms with Gasteiger partial charge < -0.3 is 1.43 Å². The van der Waals surface area contributed by atoms with E-state index in [1.807, 2.05) is 72.9 Å². The van der Waals surface area contributed by atoms with Crippen molar-refractivity contribution in [1.29, 1.82) is 0 Å². The summed E-state index contributed by atoms with van der Waals surface area (Å²) in [5.41, 5.74) is 7.15. The summed E-state index contributed by atoms with van der Waals surface area (Å²) in [7, 11) is 0. The first-order valence-corrected chi connectivity index (χ1v) is 7.74. The van der Waals surface area contributed by atoms with Crippen molar-refractivity contribution in [3.05, 3.63) is 95.7 Å². The van der Waals surface area contributed by atoms with Crippen LogP contribution in [0.5, 0.6) is 0 Å². The van der Waals surface area contributed by atoms with E-state index >= 15 is 0 Å². The first-order valence-electron chi connectivity index (χ1n) is 7.74. The quantitative estimate of drug-likeness (QED) is 0.591. The van der Waals surface area contributed by atoms with Crippen LogP contribution in [0.15, 0.2) is 116 Å². The molecule has 0 aromatic heterocycles. The van der Waals surface area contributed by atoms with Crippen LogP contribution in [0.3, 0.4) is 0 Å². The zero-order valence-electron chi connectivity index (χ0n) is 14.7. The van der Waals surface area contributed by atoms with Gasteiger partial charge >= 0.3 is 18.9 Å². The molecule has 0 fully saturated rings. The molecule has 5 heterocycles. The molecular formula is C20H13LiN4. The Balaban J connectivity index is 0.000000980. The number of allylic oxidation sites excluding steroid dienone is 12. The van der Waals surface area contributed by atoms with Crippen molar-refractivity contribution in [3.63, 3.8) is 0 Å². The summed E-state index contributed by atoms with van der Waals surface area (Å²) >= 11 is 0. The first-order chi connectivity index (χ1) is 11.8. The van der Waals surface area contributed by atoms with Crippen molar-refractivity contribution in [2.75, 3.05) is 0 Å². The molecule has 4 nitrogen and oxygen atoms in total. The number of nitrogens with zero attached hydrogens (tertiary/aromatic N) is 4. The largest absolute Gasteiger partial charge is 1.00 e. The fraction of sp³-hybridized carbons (Fsp3) is 0. The van der Waals surface area contributed by atoms with Crippen molar-refractivity contribution >= 4 is 22.8 Å². The van der Waals surface area contributed by atoms with Crippen molar-refractivity contribution in [2.45, 2.75) is 0 Å². The van der Waals surface area contributed by atoms with Gasteiger partial charge in [-0.3, -0.25) is 0 Å². The van der Waals surface area contributed by atoms with Crippen LogP contribution < -0.4 is 18.9 Å². The zero-order valence-corrected chi connectivity index (χ0v) is 13.7. The molecule has 5 aliphatic heterocycles. The molecule has 0 atom stereocenters. The van der Waals surface area contributed by atoms with Gasteiger partial charge in [-0.25, -0.2) is 20.0 Å². The Bertz CT molecular complexity index is 854. The maximum absolute atomic E-state index is 4.59. The van der Waals surface area contributed by atoms with Crippen LogP contribution in [0.25, 0.3) is 0 Å². The van der Waals surface area contributed by atoms with Gasteiger partial charge in [-0.1, -0.05) is 0 Å². The van der Waals surface area contributed by atoms with Crippen molar-refractivity contribution in [1.82, 2.24) is 0 Å². The number of fused-ring (bicyclic) bond motifs is 4. The zero-order chi connectivity index (χ0) is 15.9. The predicted octanol–water partition coefficient (Wildman–Crippen LogP) is 0.695. The normalized spacial score (nSPS) is 21.8. The van der Waals surface area contributed by atoms with Crippen LogP contribution in [0, 0.1) is 0 Å². The Labute approximate surface area is 158 Å². The van der Waals surface area contributed by atoms with Gasteiger partial charge in [0.05, 0.1) is 45.6 Å². The molecule has 0 N–H and O–H groups in total. The van der Waals surface area contributed by atoms with E-state index in [-0.39, 0.29) is 20.3 Å². The number of hydrogen-bond donors (Lipinski definition) is 0. The van der Waals surface area contributed by atoms with E-state index in [1.165, 1.54) is 0 Å². The molecule has 0 amide bonds. The molecule has 0 aromatic carbocycles. The maximum atomic E-state index is 4.59. The minimum absolute atomic E-state index is 0. The third-order valence-corrected chi connectivity index (χ3v) is 3.92. The molecule has 5 rings (SSSR count). The monoisotopic (exact) mass is 316 g/mol. The van der Waals surface area contributed by atoms with E-state index in [9.17, 15) is 0 Å². The minimum Gasteiger partial charge on any atom is -1.00 e. The molecule has 0 aliphatic carbocycles. The molecule has 0 saturated heterocycles. The second kappa shape index (κ2) is 6.25. The third-order valence-electron chi connectivity index (χ3n) is 3.92. The Hall–Kier alpha value is -2.80. The second-order valence-electron chi connectivity index (χ2n) is 5.76. The molecular weight excluding hydrogens is 303 g/mol. The Kier molecular flexibility index (Phi) is 3.93. The summed E-state index contributed by atoms with van der Waals surface area (Å²) < 4.78 is 0. The van der Waals surface area contributed by atoms with Crippen LogP contribution in [0.2, 0.25) is 0 Å². The molecule has 5 heteroatoms. The number of hydrogen-bond acceptors (Lipinski definition) is 4. The number of rotatable bonds is 0. The summed E-state index contributed by atoms with van der Waals surface area (Å²) in [6.45, 7) is 0. The third kappa shape index (κ3) is 3.23. The van der Waals surface area contributed by atoms with E-state index in [0.717, 1.165) is 45.6 Å². The van der Waals surface area contributed by atoms with Crippen molar-refractivity contribution in [3.8, 4) is 0 Å². The average Bonchev–Trinajstić information content (AvgIpc) is 3.32. The van der Waals surface area contributed by atoms with E-state index in [0.29, 0.717) is 0 Å². The van der Waals surface area contributed by atoms with Gasteiger partial charge in [-0.05, 0) is 72.9 Å². The molecule has 0 aromatic rings. The molecule has 5 aliphatic rings. The van der Waals surface area contributed by atoms with Crippen LogP contribution in [0.4, 0.5) is 0 Å². The van der Waals surface area contributed by atoms with Crippen LogP contribution in [-0.4, -0.2) is 22.8 Å². The molecule has 25 heavy (non-hydrogen) atoms. The Morgan fingerprint density at radius 2 is 0.640 bits per heavy atom. The van der Waals surface area contributed by atoms with Gasteiger partial charge in [0.15, 0.2) is 0 Å². The molecule has 8 bridgehead atoms. The Morgan fingerprint density at radius 1 is 0.400 bits per heavy atom. The van der Waals surface area contributed by atoms with E-state index in [1.54, 1.807) is 0 Å².